The Labute approximate surface area is 125 Å². The van der Waals surface area contributed by atoms with Crippen LogP contribution in [0.4, 0.5) is 4.79 Å². The molecule has 0 unspecified atom stereocenters. The first kappa shape index (κ1) is 14.9. The van der Waals surface area contributed by atoms with Gasteiger partial charge in [0, 0.05) is 10.6 Å². The third-order valence-corrected chi connectivity index (χ3v) is 3.24. The van der Waals surface area contributed by atoms with E-state index in [1.807, 2.05) is 0 Å². The summed E-state index contributed by atoms with van der Waals surface area (Å²) in [7, 11) is 2.68. The Hall–Kier alpha value is -2.54. The topological polar surface area (TPSA) is 95.8 Å². The summed E-state index contributed by atoms with van der Waals surface area (Å²) in [5, 5.41) is 0.476. The fourth-order valence-corrected chi connectivity index (χ4v) is 1.83. The molecule has 0 spiro atoms. The fraction of sp³-hybridized carbons (Fsp3) is 0.154. The first-order valence-electron chi connectivity index (χ1n) is 5.90. The summed E-state index contributed by atoms with van der Waals surface area (Å²) in [4.78, 5) is 40.2. The predicted molar refractivity (Wildman–Crippen MR) is 76.8 cm³/mol. The molecule has 4 amide bonds. The van der Waals surface area contributed by atoms with E-state index < -0.39 is 17.8 Å². The molecular formula is C13H12ClN4O3+. The second kappa shape index (κ2) is 5.45. The van der Waals surface area contributed by atoms with Gasteiger partial charge in [0.05, 0.1) is 14.1 Å². The Bertz CT molecular complexity index is 707. The molecule has 0 aliphatic carbocycles. The van der Waals surface area contributed by atoms with Crippen molar-refractivity contribution in [3.63, 3.8) is 0 Å². The zero-order valence-corrected chi connectivity index (χ0v) is 12.1. The predicted octanol–water partition coefficient (Wildman–Crippen LogP) is 0.513. The quantitative estimate of drug-likeness (QED) is 0.765. The van der Waals surface area contributed by atoms with Crippen LogP contribution < -0.4 is 5.73 Å². The van der Waals surface area contributed by atoms with Crippen molar-refractivity contribution in [3.8, 4) is 0 Å². The van der Waals surface area contributed by atoms with Gasteiger partial charge in [-0.3, -0.25) is 4.79 Å². The van der Waals surface area contributed by atoms with Crippen LogP contribution in [0.3, 0.4) is 0 Å². The number of aliphatic imine (C=N–C) groups is 1. The van der Waals surface area contributed by atoms with Crippen LogP contribution in [-0.4, -0.2) is 53.0 Å². The molecular weight excluding hydrogens is 296 g/mol. The molecule has 0 saturated heterocycles. The number of rotatable bonds is 1. The van der Waals surface area contributed by atoms with Crippen LogP contribution in [0.1, 0.15) is 10.4 Å². The molecule has 21 heavy (non-hydrogen) atoms. The summed E-state index contributed by atoms with van der Waals surface area (Å²) < 4.78 is 1.05. The van der Waals surface area contributed by atoms with Crippen molar-refractivity contribution >= 4 is 41.0 Å². The van der Waals surface area contributed by atoms with Crippen LogP contribution in [-0.2, 0) is 4.79 Å². The van der Waals surface area contributed by atoms with Crippen LogP contribution in [0.15, 0.2) is 29.3 Å². The second-order valence-corrected chi connectivity index (χ2v) is 4.80. The molecule has 0 aromatic heterocycles. The minimum absolute atomic E-state index is 0.162. The van der Waals surface area contributed by atoms with Crippen LogP contribution in [0.25, 0.3) is 0 Å². The normalized spacial score (nSPS) is 17.7. The number of carbonyl (C=O) groups excluding carboxylic acids is 3. The molecule has 1 aliphatic rings. The van der Waals surface area contributed by atoms with Gasteiger partial charge in [0.1, 0.15) is 0 Å². The molecule has 0 atom stereocenters. The molecule has 7 nitrogen and oxygen atoms in total. The van der Waals surface area contributed by atoms with Gasteiger partial charge < -0.3 is 5.73 Å². The Morgan fingerprint density at radius 2 is 1.86 bits per heavy atom. The highest BCUT2D eigenvalue weighted by molar-refractivity contribution is 6.67. The van der Waals surface area contributed by atoms with Gasteiger partial charge in [-0.25, -0.2) is 9.59 Å². The van der Waals surface area contributed by atoms with E-state index in [4.69, 9.17) is 17.3 Å². The summed E-state index contributed by atoms with van der Waals surface area (Å²) in [6, 6.07) is 5.45. The van der Waals surface area contributed by atoms with E-state index in [0.29, 0.717) is 5.02 Å². The van der Waals surface area contributed by atoms with Crippen molar-refractivity contribution in [2.75, 3.05) is 14.1 Å². The first-order chi connectivity index (χ1) is 9.82. The van der Waals surface area contributed by atoms with Gasteiger partial charge >= 0.3 is 11.9 Å². The third-order valence-electron chi connectivity index (χ3n) is 2.99. The zero-order valence-electron chi connectivity index (χ0n) is 11.3. The van der Waals surface area contributed by atoms with Gasteiger partial charge in [-0.15, -0.1) is 0 Å². The highest BCUT2D eigenvalue weighted by Crippen LogP contribution is 2.11. The Balaban J connectivity index is 2.44. The van der Waals surface area contributed by atoms with Crippen LogP contribution in [0.2, 0.25) is 5.02 Å². The van der Waals surface area contributed by atoms with E-state index in [1.54, 1.807) is 0 Å². The molecule has 2 rings (SSSR count). The van der Waals surface area contributed by atoms with Gasteiger partial charge in [0.2, 0.25) is 5.71 Å². The van der Waals surface area contributed by atoms with Crippen molar-refractivity contribution in [1.29, 1.82) is 0 Å². The highest BCUT2D eigenvalue weighted by atomic mass is 35.5. The van der Waals surface area contributed by atoms with E-state index in [2.05, 4.69) is 4.99 Å². The molecule has 0 radical (unpaired) electrons. The number of carbonyl (C=O) groups is 3. The first-order valence-corrected chi connectivity index (χ1v) is 6.28. The average molecular weight is 308 g/mol. The molecule has 2 N–H and O–H groups in total. The zero-order chi connectivity index (χ0) is 15.7. The number of amides is 4. The number of hydrogen-bond donors (Lipinski definition) is 1. The number of amidine groups is 1. The summed E-state index contributed by atoms with van der Waals surface area (Å²) in [6.07, 6.45) is 0. The largest absolute Gasteiger partial charge is 0.445 e. The number of nitrogens with two attached hydrogens (primary N) is 1. The Morgan fingerprint density at radius 1 is 1.29 bits per heavy atom. The number of benzene rings is 1. The highest BCUT2D eigenvalue weighted by Gasteiger charge is 2.39. The van der Waals surface area contributed by atoms with Crippen molar-refractivity contribution in [3.05, 3.63) is 34.9 Å². The fourth-order valence-electron chi connectivity index (χ4n) is 1.71. The monoisotopic (exact) mass is 307 g/mol. The lowest BCUT2D eigenvalue weighted by molar-refractivity contribution is -0.401. The number of hydrogen-bond acceptors (Lipinski definition) is 4. The number of halogens is 1. The van der Waals surface area contributed by atoms with E-state index >= 15 is 0 Å². The van der Waals surface area contributed by atoms with E-state index in [9.17, 15) is 14.4 Å². The van der Waals surface area contributed by atoms with Crippen molar-refractivity contribution in [1.82, 2.24) is 4.90 Å². The van der Waals surface area contributed by atoms with Crippen molar-refractivity contribution < 1.29 is 19.0 Å². The van der Waals surface area contributed by atoms with Crippen LogP contribution >= 0.6 is 11.6 Å². The maximum absolute atomic E-state index is 12.0. The summed E-state index contributed by atoms with van der Waals surface area (Å²) >= 11 is 5.73. The number of urea groups is 1. The Kier molecular flexibility index (Phi) is 3.86. The van der Waals surface area contributed by atoms with E-state index in [0.717, 1.165) is 9.48 Å². The van der Waals surface area contributed by atoms with Gasteiger partial charge in [0.15, 0.2) is 0 Å². The maximum atomic E-state index is 12.0. The number of nitrogens with zero attached hydrogens (tertiary/aromatic N) is 3. The maximum Gasteiger partial charge on any atom is 0.445 e. The van der Waals surface area contributed by atoms with Gasteiger partial charge in [-0.1, -0.05) is 11.6 Å². The lowest BCUT2D eigenvalue weighted by Gasteiger charge is -2.17. The SMILES string of the molecule is CN1C(=O)C(=NC(=O)c2ccc(Cl)cc2)C(N)=[N+](C)C1=O. The second-order valence-electron chi connectivity index (χ2n) is 4.36. The van der Waals surface area contributed by atoms with Crippen molar-refractivity contribution in [2.24, 2.45) is 10.7 Å². The lowest BCUT2D eigenvalue weighted by atomic mass is 10.2. The average Bonchev–Trinajstić information content (AvgIpc) is 2.48. The summed E-state index contributed by atoms with van der Waals surface area (Å²) in [5.74, 6) is -1.53. The molecule has 0 fully saturated rings. The molecule has 0 bridgehead atoms. The van der Waals surface area contributed by atoms with Gasteiger partial charge in [-0.2, -0.15) is 14.5 Å². The molecule has 1 aliphatic heterocycles. The standard InChI is InChI=1S/C13H11ClN4O3/c1-17-10(15)9(12(20)18(2)13(17)21)16-11(19)7-3-5-8(14)6-4-7/h3-6,15H,1-2H3/p+1. The number of imide groups is 1. The molecule has 1 aromatic carbocycles. The van der Waals surface area contributed by atoms with E-state index in [1.165, 1.54) is 38.4 Å². The molecule has 0 saturated carbocycles. The third kappa shape index (κ3) is 2.68. The smallest absolute Gasteiger partial charge is 0.316 e. The van der Waals surface area contributed by atoms with Gasteiger partial charge in [-0.05, 0) is 24.3 Å². The lowest BCUT2D eigenvalue weighted by Crippen LogP contribution is -2.55. The Morgan fingerprint density at radius 3 is 2.43 bits per heavy atom. The summed E-state index contributed by atoms with van der Waals surface area (Å²) in [6.45, 7) is 0. The minimum Gasteiger partial charge on any atom is -0.316 e. The summed E-state index contributed by atoms with van der Waals surface area (Å²) in [5.41, 5.74) is 5.68. The van der Waals surface area contributed by atoms with Crippen molar-refractivity contribution in [2.45, 2.75) is 0 Å². The van der Waals surface area contributed by atoms with Crippen LogP contribution in [0.5, 0.6) is 0 Å². The van der Waals surface area contributed by atoms with E-state index in [-0.39, 0.29) is 17.1 Å². The molecule has 108 valence electrons. The van der Waals surface area contributed by atoms with Crippen LogP contribution in [0, 0.1) is 0 Å². The molecule has 1 heterocycles. The minimum atomic E-state index is -0.724. The van der Waals surface area contributed by atoms with Gasteiger partial charge in [0.25, 0.3) is 11.7 Å². The molecule has 8 heteroatoms. The molecule has 1 aromatic rings.